The summed E-state index contributed by atoms with van der Waals surface area (Å²) >= 11 is 5.88. The summed E-state index contributed by atoms with van der Waals surface area (Å²) in [6.07, 6.45) is 0. The van der Waals surface area contributed by atoms with Gasteiger partial charge in [-0.1, -0.05) is 11.6 Å². The number of rotatable bonds is 2. The Hall–Kier alpha value is -2.25. The number of benzene rings is 2. The number of hydrogen-bond donors (Lipinski definition) is 1. The van der Waals surface area contributed by atoms with Crippen LogP contribution in [0.3, 0.4) is 0 Å². The van der Waals surface area contributed by atoms with Gasteiger partial charge in [-0.15, -0.1) is 0 Å². The highest BCUT2D eigenvalue weighted by molar-refractivity contribution is 6.31. The van der Waals surface area contributed by atoms with Crippen LogP contribution >= 0.6 is 11.6 Å². The van der Waals surface area contributed by atoms with Crippen molar-refractivity contribution in [1.29, 1.82) is 5.26 Å². The van der Waals surface area contributed by atoms with Gasteiger partial charge in [0.15, 0.2) is 11.6 Å². The van der Waals surface area contributed by atoms with Crippen LogP contribution < -0.4 is 10.5 Å². The van der Waals surface area contributed by atoms with Crippen molar-refractivity contribution >= 4 is 17.3 Å². The van der Waals surface area contributed by atoms with Crippen LogP contribution in [0.5, 0.6) is 11.5 Å². The lowest BCUT2D eigenvalue weighted by Crippen LogP contribution is -1.95. The first-order chi connectivity index (χ1) is 9.01. The van der Waals surface area contributed by atoms with Gasteiger partial charge in [0.1, 0.15) is 11.8 Å². The number of hydrogen-bond acceptors (Lipinski definition) is 3. The van der Waals surface area contributed by atoms with Crippen LogP contribution in [0.4, 0.5) is 10.1 Å². The Morgan fingerprint density at radius 2 is 2.05 bits per heavy atom. The number of nitrogens with two attached hydrogens (primary N) is 1. The summed E-state index contributed by atoms with van der Waals surface area (Å²) in [5.41, 5.74) is 7.01. The Kier molecular flexibility index (Phi) is 3.59. The number of nitrogen functional groups attached to an aromatic ring is 1. The third-order valence-electron chi connectivity index (χ3n) is 2.61. The van der Waals surface area contributed by atoms with Crippen LogP contribution in [-0.4, -0.2) is 0 Å². The molecule has 0 aliphatic rings. The lowest BCUT2D eigenvalue weighted by molar-refractivity contribution is 0.442. The van der Waals surface area contributed by atoms with Gasteiger partial charge in [-0.05, 0) is 30.7 Å². The second-order valence-electron chi connectivity index (χ2n) is 3.99. The lowest BCUT2D eigenvalue weighted by atomic mass is 10.2. The molecule has 0 spiro atoms. The minimum absolute atomic E-state index is 0.0625. The average molecular weight is 277 g/mol. The van der Waals surface area contributed by atoms with Crippen molar-refractivity contribution in [3.63, 3.8) is 0 Å². The van der Waals surface area contributed by atoms with E-state index >= 15 is 0 Å². The summed E-state index contributed by atoms with van der Waals surface area (Å²) < 4.78 is 19.1. The van der Waals surface area contributed by atoms with Gasteiger partial charge in [-0.25, -0.2) is 4.39 Å². The molecule has 96 valence electrons. The zero-order valence-corrected chi connectivity index (χ0v) is 10.8. The Labute approximate surface area is 115 Å². The van der Waals surface area contributed by atoms with Crippen molar-refractivity contribution in [3.05, 3.63) is 52.3 Å². The van der Waals surface area contributed by atoms with E-state index in [9.17, 15) is 4.39 Å². The van der Waals surface area contributed by atoms with E-state index in [1.807, 2.05) is 6.07 Å². The standard InChI is InChI=1S/C14H10ClFN2O/c1-8-4-14(12(16)6-13(8)18)19-10-3-2-9(7-17)11(15)5-10/h2-6H,18H2,1H3. The van der Waals surface area contributed by atoms with E-state index in [-0.39, 0.29) is 10.8 Å². The molecular weight excluding hydrogens is 267 g/mol. The smallest absolute Gasteiger partial charge is 0.167 e. The largest absolute Gasteiger partial charge is 0.454 e. The fraction of sp³-hybridized carbons (Fsp3) is 0.0714. The molecule has 3 nitrogen and oxygen atoms in total. The third-order valence-corrected chi connectivity index (χ3v) is 2.92. The van der Waals surface area contributed by atoms with Crippen molar-refractivity contribution in [3.8, 4) is 17.6 Å². The van der Waals surface area contributed by atoms with Gasteiger partial charge in [0.2, 0.25) is 0 Å². The molecular formula is C14H10ClFN2O. The Morgan fingerprint density at radius 3 is 2.68 bits per heavy atom. The first kappa shape index (κ1) is 13.2. The third kappa shape index (κ3) is 2.78. The minimum atomic E-state index is -0.552. The van der Waals surface area contributed by atoms with E-state index < -0.39 is 5.82 Å². The summed E-state index contributed by atoms with van der Waals surface area (Å²) in [5, 5.41) is 9.02. The number of nitrogens with zero attached hydrogens (tertiary/aromatic N) is 1. The molecule has 0 bridgehead atoms. The minimum Gasteiger partial charge on any atom is -0.454 e. The molecule has 0 saturated carbocycles. The van der Waals surface area contributed by atoms with Crippen molar-refractivity contribution in [1.82, 2.24) is 0 Å². The molecule has 2 aromatic carbocycles. The summed E-state index contributed by atoms with van der Waals surface area (Å²) in [7, 11) is 0. The quantitative estimate of drug-likeness (QED) is 0.842. The summed E-state index contributed by atoms with van der Waals surface area (Å²) in [4.78, 5) is 0. The number of ether oxygens (including phenoxy) is 1. The zero-order valence-electron chi connectivity index (χ0n) is 10.1. The molecule has 0 aliphatic heterocycles. The molecule has 2 N–H and O–H groups in total. The van der Waals surface area contributed by atoms with E-state index in [0.717, 1.165) is 5.56 Å². The average Bonchev–Trinajstić information content (AvgIpc) is 2.36. The van der Waals surface area contributed by atoms with Gasteiger partial charge in [0.25, 0.3) is 0 Å². The van der Waals surface area contributed by atoms with Crippen LogP contribution in [0.1, 0.15) is 11.1 Å². The first-order valence-corrected chi connectivity index (χ1v) is 5.82. The second-order valence-corrected chi connectivity index (χ2v) is 4.40. The van der Waals surface area contributed by atoms with Crippen LogP contribution in [0.25, 0.3) is 0 Å². The fourth-order valence-electron chi connectivity index (χ4n) is 1.53. The van der Waals surface area contributed by atoms with Crippen molar-refractivity contribution in [2.75, 3.05) is 5.73 Å². The Morgan fingerprint density at radius 1 is 1.32 bits per heavy atom. The fourth-order valence-corrected chi connectivity index (χ4v) is 1.74. The molecule has 0 radical (unpaired) electrons. The molecule has 0 aromatic heterocycles. The van der Waals surface area contributed by atoms with E-state index in [0.29, 0.717) is 17.0 Å². The second kappa shape index (κ2) is 5.17. The lowest BCUT2D eigenvalue weighted by Gasteiger charge is -2.09. The SMILES string of the molecule is Cc1cc(Oc2ccc(C#N)c(Cl)c2)c(F)cc1N. The maximum absolute atomic E-state index is 13.7. The highest BCUT2D eigenvalue weighted by Crippen LogP contribution is 2.30. The molecule has 2 rings (SSSR count). The molecule has 2 aromatic rings. The molecule has 0 fully saturated rings. The summed E-state index contributed by atoms with van der Waals surface area (Å²) in [5.74, 6) is -0.136. The number of nitriles is 1. The zero-order chi connectivity index (χ0) is 14.0. The maximum atomic E-state index is 13.7. The van der Waals surface area contributed by atoms with Crippen LogP contribution in [0, 0.1) is 24.1 Å². The van der Waals surface area contributed by atoms with Gasteiger partial charge in [0.05, 0.1) is 10.6 Å². The van der Waals surface area contributed by atoms with Gasteiger partial charge in [0, 0.05) is 17.8 Å². The topological polar surface area (TPSA) is 59.0 Å². The molecule has 0 heterocycles. The molecule has 0 amide bonds. The van der Waals surface area contributed by atoms with Gasteiger partial charge >= 0.3 is 0 Å². The first-order valence-electron chi connectivity index (χ1n) is 5.44. The number of halogens is 2. The molecule has 19 heavy (non-hydrogen) atoms. The van der Waals surface area contributed by atoms with Gasteiger partial charge in [-0.3, -0.25) is 0 Å². The van der Waals surface area contributed by atoms with Crippen molar-refractivity contribution in [2.45, 2.75) is 6.92 Å². The summed E-state index contributed by atoms with van der Waals surface area (Å²) in [6.45, 7) is 1.76. The van der Waals surface area contributed by atoms with Crippen LogP contribution in [-0.2, 0) is 0 Å². The molecule has 5 heteroatoms. The molecule has 0 aliphatic carbocycles. The maximum Gasteiger partial charge on any atom is 0.167 e. The molecule has 0 atom stereocenters. The molecule has 0 unspecified atom stereocenters. The Bertz CT molecular complexity index is 680. The van der Waals surface area contributed by atoms with E-state index in [4.69, 9.17) is 27.3 Å². The molecule has 0 saturated heterocycles. The predicted octanol–water partition coefficient (Wildman–Crippen LogP) is 4.03. The normalized spacial score (nSPS) is 10.0. The highest BCUT2D eigenvalue weighted by Gasteiger charge is 2.09. The van der Waals surface area contributed by atoms with E-state index in [1.54, 1.807) is 13.0 Å². The summed E-state index contributed by atoms with van der Waals surface area (Å²) in [6, 6.07) is 9.18. The van der Waals surface area contributed by atoms with Crippen LogP contribution in [0.15, 0.2) is 30.3 Å². The monoisotopic (exact) mass is 276 g/mol. The van der Waals surface area contributed by atoms with Crippen LogP contribution in [0.2, 0.25) is 5.02 Å². The van der Waals surface area contributed by atoms with E-state index in [2.05, 4.69) is 0 Å². The van der Waals surface area contributed by atoms with E-state index in [1.165, 1.54) is 24.3 Å². The number of aryl methyl sites for hydroxylation is 1. The predicted molar refractivity (Wildman–Crippen MR) is 71.8 cm³/mol. The van der Waals surface area contributed by atoms with Crippen molar-refractivity contribution < 1.29 is 9.13 Å². The Balaban J connectivity index is 2.34. The van der Waals surface area contributed by atoms with Gasteiger partial charge < -0.3 is 10.5 Å². The highest BCUT2D eigenvalue weighted by atomic mass is 35.5. The van der Waals surface area contributed by atoms with Gasteiger partial charge in [-0.2, -0.15) is 5.26 Å². The van der Waals surface area contributed by atoms with Crippen molar-refractivity contribution in [2.24, 2.45) is 0 Å². The number of anilines is 1.